The van der Waals surface area contributed by atoms with Gasteiger partial charge in [0.2, 0.25) is 0 Å². The van der Waals surface area contributed by atoms with Crippen molar-refractivity contribution in [3.05, 3.63) is 49.8 Å². The van der Waals surface area contributed by atoms with Crippen LogP contribution in [-0.2, 0) is 11.3 Å². The predicted molar refractivity (Wildman–Crippen MR) is 87.5 cm³/mol. The van der Waals surface area contributed by atoms with Gasteiger partial charge in [-0.3, -0.25) is 4.79 Å². The van der Waals surface area contributed by atoms with Crippen LogP contribution in [0, 0.1) is 5.82 Å². The van der Waals surface area contributed by atoms with Crippen LogP contribution in [0.4, 0.5) is 10.1 Å². The summed E-state index contributed by atoms with van der Waals surface area (Å²) in [4.78, 5) is 14.0. The third kappa shape index (κ3) is 5.07. The van der Waals surface area contributed by atoms with Crippen molar-refractivity contribution >= 4 is 50.5 Å². The number of hydrogen-bond acceptors (Lipinski definition) is 2. The van der Waals surface area contributed by atoms with E-state index in [1.165, 1.54) is 23.5 Å². The van der Waals surface area contributed by atoms with Crippen molar-refractivity contribution in [3.63, 3.8) is 0 Å². The summed E-state index contributed by atoms with van der Waals surface area (Å²) in [6.07, 6.45) is 0. The zero-order valence-electron chi connectivity index (χ0n) is 11.3. The monoisotopic (exact) mass is 391 g/mol. The van der Waals surface area contributed by atoms with E-state index in [9.17, 15) is 9.18 Å². The standard InChI is InChI=1S/C14H13BrClFN2OS/c1-19(7-10-3-5-13(16)21-10)8-14(20)18-12-4-2-9(15)6-11(12)17/h2-6H,7-8H2,1H3,(H,18,20)/p+1. The van der Waals surface area contributed by atoms with Crippen molar-refractivity contribution in [1.82, 2.24) is 0 Å². The van der Waals surface area contributed by atoms with E-state index in [2.05, 4.69) is 21.2 Å². The topological polar surface area (TPSA) is 33.5 Å². The molecule has 0 bridgehead atoms. The van der Waals surface area contributed by atoms with Gasteiger partial charge in [0, 0.05) is 4.47 Å². The minimum absolute atomic E-state index is 0.190. The molecule has 3 nitrogen and oxygen atoms in total. The van der Waals surface area contributed by atoms with E-state index < -0.39 is 5.82 Å². The Morgan fingerprint density at radius 2 is 2.19 bits per heavy atom. The minimum atomic E-state index is -0.458. The highest BCUT2D eigenvalue weighted by Crippen LogP contribution is 2.20. The first-order chi connectivity index (χ1) is 9.94. The molecule has 0 saturated heterocycles. The third-order valence-corrected chi connectivity index (χ3v) is 4.50. The van der Waals surface area contributed by atoms with Gasteiger partial charge in [0.05, 0.1) is 21.9 Å². The summed E-state index contributed by atoms with van der Waals surface area (Å²) in [5.41, 5.74) is 0.190. The molecule has 0 aliphatic rings. The van der Waals surface area contributed by atoms with Crippen LogP contribution in [0.3, 0.4) is 0 Å². The fourth-order valence-corrected chi connectivity index (χ4v) is 3.40. The molecule has 0 aliphatic heterocycles. The zero-order chi connectivity index (χ0) is 15.4. The second kappa shape index (κ2) is 7.35. The molecule has 1 aromatic carbocycles. The lowest BCUT2D eigenvalue weighted by Gasteiger charge is -2.13. The Morgan fingerprint density at radius 3 is 2.81 bits per heavy atom. The number of thiophene rings is 1. The number of halogens is 3. The number of rotatable bonds is 5. The maximum atomic E-state index is 13.6. The van der Waals surface area contributed by atoms with Crippen molar-refractivity contribution in [2.45, 2.75) is 6.54 Å². The predicted octanol–water partition coefficient (Wildman–Crippen LogP) is 2.96. The highest BCUT2D eigenvalue weighted by molar-refractivity contribution is 9.10. The lowest BCUT2D eigenvalue weighted by Crippen LogP contribution is -3.08. The van der Waals surface area contributed by atoms with Gasteiger partial charge in [-0.15, -0.1) is 11.3 Å². The minimum Gasteiger partial charge on any atom is -0.325 e. The van der Waals surface area contributed by atoms with E-state index >= 15 is 0 Å². The summed E-state index contributed by atoms with van der Waals surface area (Å²) in [5.74, 6) is -0.684. The van der Waals surface area contributed by atoms with Crippen molar-refractivity contribution < 1.29 is 14.1 Å². The Hall–Kier alpha value is -0.950. The summed E-state index contributed by atoms with van der Waals surface area (Å²) >= 11 is 10.5. The SMILES string of the molecule is C[NH+](CC(=O)Nc1ccc(Br)cc1F)Cc1ccc(Cl)s1. The first kappa shape index (κ1) is 16.4. The zero-order valence-corrected chi connectivity index (χ0v) is 14.4. The molecule has 1 aromatic heterocycles. The van der Waals surface area contributed by atoms with Crippen LogP contribution >= 0.6 is 38.9 Å². The van der Waals surface area contributed by atoms with Crippen molar-refractivity contribution in [2.24, 2.45) is 0 Å². The summed E-state index contributed by atoms with van der Waals surface area (Å²) in [5, 5.41) is 2.58. The third-order valence-electron chi connectivity index (χ3n) is 2.77. The van der Waals surface area contributed by atoms with Gasteiger partial charge in [-0.25, -0.2) is 4.39 Å². The molecule has 0 aliphatic carbocycles. The Morgan fingerprint density at radius 1 is 1.43 bits per heavy atom. The molecule has 21 heavy (non-hydrogen) atoms. The molecule has 2 N–H and O–H groups in total. The van der Waals surface area contributed by atoms with Crippen LogP contribution in [0.25, 0.3) is 0 Å². The number of nitrogens with one attached hydrogen (secondary N) is 2. The Balaban J connectivity index is 1.89. The molecular formula is C14H14BrClFN2OS+. The molecule has 2 aromatic rings. The van der Waals surface area contributed by atoms with E-state index in [1.807, 2.05) is 19.2 Å². The molecule has 0 radical (unpaired) electrons. The number of anilines is 1. The van der Waals surface area contributed by atoms with Gasteiger partial charge < -0.3 is 10.2 Å². The number of hydrogen-bond donors (Lipinski definition) is 2. The van der Waals surface area contributed by atoms with E-state index in [-0.39, 0.29) is 18.1 Å². The fourth-order valence-electron chi connectivity index (χ4n) is 1.87. The largest absolute Gasteiger partial charge is 0.325 e. The molecule has 112 valence electrons. The molecule has 1 unspecified atom stereocenters. The highest BCUT2D eigenvalue weighted by Gasteiger charge is 2.13. The van der Waals surface area contributed by atoms with Crippen LogP contribution in [0.15, 0.2) is 34.8 Å². The van der Waals surface area contributed by atoms with Crippen molar-refractivity contribution in [1.29, 1.82) is 0 Å². The molecule has 7 heteroatoms. The quantitative estimate of drug-likeness (QED) is 0.806. The average molecular weight is 393 g/mol. The van der Waals surface area contributed by atoms with Crippen LogP contribution in [0.5, 0.6) is 0 Å². The number of likely N-dealkylation sites (N-methyl/N-ethyl adjacent to an activating group) is 1. The molecule has 0 spiro atoms. The van der Waals surface area contributed by atoms with Gasteiger partial charge in [-0.1, -0.05) is 27.5 Å². The maximum Gasteiger partial charge on any atom is 0.279 e. The van der Waals surface area contributed by atoms with Gasteiger partial charge >= 0.3 is 0 Å². The number of carbonyl (C=O) groups excluding carboxylic acids is 1. The highest BCUT2D eigenvalue weighted by atomic mass is 79.9. The second-order valence-corrected chi connectivity index (χ2v) is 7.40. The molecule has 0 saturated carbocycles. The Bertz CT molecular complexity index is 650. The molecule has 1 amide bonds. The Labute approximate surface area is 139 Å². The molecular weight excluding hydrogens is 379 g/mol. The molecule has 1 heterocycles. The van der Waals surface area contributed by atoms with E-state index in [1.54, 1.807) is 6.07 Å². The Kier molecular flexibility index (Phi) is 5.75. The first-order valence-electron chi connectivity index (χ1n) is 6.24. The lowest BCUT2D eigenvalue weighted by molar-refractivity contribution is -0.884. The number of benzene rings is 1. The normalized spacial score (nSPS) is 12.2. The van der Waals surface area contributed by atoms with E-state index in [0.717, 1.165) is 14.1 Å². The number of carbonyl (C=O) groups is 1. The number of quaternary nitrogens is 1. The summed E-state index contributed by atoms with van der Waals surface area (Å²) in [6, 6.07) is 8.32. The van der Waals surface area contributed by atoms with Crippen LogP contribution in [0.2, 0.25) is 4.34 Å². The average Bonchev–Trinajstić information content (AvgIpc) is 2.78. The lowest BCUT2D eigenvalue weighted by atomic mass is 10.3. The maximum absolute atomic E-state index is 13.6. The fraction of sp³-hybridized carbons (Fsp3) is 0.214. The van der Waals surface area contributed by atoms with Gasteiger partial charge in [0.25, 0.3) is 5.91 Å². The molecule has 0 fully saturated rings. The van der Waals surface area contributed by atoms with Gasteiger partial charge in [-0.2, -0.15) is 0 Å². The van der Waals surface area contributed by atoms with Crippen LogP contribution < -0.4 is 10.2 Å². The molecule has 2 rings (SSSR count). The van der Waals surface area contributed by atoms with Crippen LogP contribution in [0.1, 0.15) is 4.88 Å². The van der Waals surface area contributed by atoms with Crippen LogP contribution in [-0.4, -0.2) is 19.5 Å². The summed E-state index contributed by atoms with van der Waals surface area (Å²) < 4.78 is 15.0. The van der Waals surface area contributed by atoms with Gasteiger partial charge in [0.1, 0.15) is 12.4 Å². The second-order valence-electron chi connectivity index (χ2n) is 4.69. The van der Waals surface area contributed by atoms with Crippen molar-refractivity contribution in [2.75, 3.05) is 18.9 Å². The van der Waals surface area contributed by atoms with Gasteiger partial charge in [-0.05, 0) is 30.3 Å². The first-order valence-corrected chi connectivity index (χ1v) is 8.23. The molecule has 1 atom stereocenters. The summed E-state index contributed by atoms with van der Waals surface area (Å²) in [7, 11) is 1.91. The van der Waals surface area contributed by atoms with E-state index in [4.69, 9.17) is 11.6 Å². The number of amides is 1. The summed E-state index contributed by atoms with van der Waals surface area (Å²) in [6.45, 7) is 0.957. The van der Waals surface area contributed by atoms with Gasteiger partial charge in [0.15, 0.2) is 6.54 Å². The van der Waals surface area contributed by atoms with E-state index in [0.29, 0.717) is 11.0 Å². The van der Waals surface area contributed by atoms with Crippen molar-refractivity contribution in [3.8, 4) is 0 Å². The smallest absolute Gasteiger partial charge is 0.279 e.